The molecule has 1 aromatic heterocycles. The molecule has 0 amide bonds. The van der Waals surface area contributed by atoms with E-state index < -0.39 is 0 Å². The standard InChI is InChI=1S/C11H9NS/c1-2-4-10-8(3-1)9-7-12-6-5-11(9)13-10/h1-6,12H,7H2. The number of hydrogen-bond acceptors (Lipinski definition) is 2. The molecule has 3 rings (SSSR count). The van der Waals surface area contributed by atoms with Crippen molar-refractivity contribution in [3.63, 3.8) is 0 Å². The molecule has 13 heavy (non-hydrogen) atoms. The maximum Gasteiger partial charge on any atom is 0.0415 e. The smallest absolute Gasteiger partial charge is 0.0415 e. The summed E-state index contributed by atoms with van der Waals surface area (Å²) in [5.41, 5.74) is 1.45. The minimum Gasteiger partial charge on any atom is -0.387 e. The van der Waals surface area contributed by atoms with E-state index in [9.17, 15) is 0 Å². The lowest BCUT2D eigenvalue weighted by Gasteiger charge is -2.06. The Morgan fingerprint density at radius 2 is 2.15 bits per heavy atom. The van der Waals surface area contributed by atoms with E-state index >= 15 is 0 Å². The molecule has 2 aromatic rings. The van der Waals surface area contributed by atoms with Gasteiger partial charge >= 0.3 is 0 Å². The minimum absolute atomic E-state index is 0.968. The first kappa shape index (κ1) is 7.15. The fourth-order valence-electron chi connectivity index (χ4n) is 1.73. The van der Waals surface area contributed by atoms with Crippen LogP contribution in [0.4, 0.5) is 0 Å². The van der Waals surface area contributed by atoms with Crippen molar-refractivity contribution in [2.75, 3.05) is 0 Å². The number of hydrogen-bond donors (Lipinski definition) is 1. The molecule has 0 aliphatic carbocycles. The van der Waals surface area contributed by atoms with Crippen LogP contribution in [0.15, 0.2) is 30.5 Å². The topological polar surface area (TPSA) is 12.0 Å². The molecule has 0 radical (unpaired) electrons. The Balaban J connectivity index is 2.41. The summed E-state index contributed by atoms with van der Waals surface area (Å²) in [7, 11) is 0. The molecular formula is C11H9NS. The number of nitrogens with one attached hydrogen (secondary N) is 1. The van der Waals surface area contributed by atoms with Crippen molar-refractivity contribution in [2.24, 2.45) is 0 Å². The largest absolute Gasteiger partial charge is 0.387 e. The lowest BCUT2D eigenvalue weighted by Crippen LogP contribution is -2.07. The highest BCUT2D eigenvalue weighted by atomic mass is 32.1. The molecule has 1 aliphatic rings. The Morgan fingerprint density at radius 3 is 3.15 bits per heavy atom. The zero-order chi connectivity index (χ0) is 8.67. The summed E-state index contributed by atoms with van der Waals surface area (Å²) >= 11 is 1.87. The SMILES string of the molecule is C1=Cc2sc3ccccc3c2CN1. The third kappa shape index (κ3) is 0.988. The number of rotatable bonds is 0. The van der Waals surface area contributed by atoms with Gasteiger partial charge in [-0.05, 0) is 29.3 Å². The maximum absolute atomic E-state index is 3.25. The summed E-state index contributed by atoms with van der Waals surface area (Å²) in [6.07, 6.45) is 4.18. The first-order valence-electron chi connectivity index (χ1n) is 4.35. The molecule has 0 unspecified atom stereocenters. The molecule has 1 N–H and O–H groups in total. The summed E-state index contributed by atoms with van der Waals surface area (Å²) in [5, 5.41) is 4.65. The predicted octanol–water partition coefficient (Wildman–Crippen LogP) is 2.98. The van der Waals surface area contributed by atoms with E-state index in [2.05, 4.69) is 35.7 Å². The van der Waals surface area contributed by atoms with Crippen LogP contribution in [0, 0.1) is 0 Å². The van der Waals surface area contributed by atoms with E-state index in [4.69, 9.17) is 0 Å². The van der Waals surface area contributed by atoms with E-state index in [0.29, 0.717) is 0 Å². The van der Waals surface area contributed by atoms with E-state index in [0.717, 1.165) is 6.54 Å². The maximum atomic E-state index is 3.25. The zero-order valence-electron chi connectivity index (χ0n) is 7.08. The molecular weight excluding hydrogens is 178 g/mol. The van der Waals surface area contributed by atoms with Crippen molar-refractivity contribution in [1.82, 2.24) is 5.32 Å². The third-order valence-electron chi connectivity index (χ3n) is 2.36. The third-order valence-corrected chi connectivity index (χ3v) is 3.54. The molecule has 0 saturated heterocycles. The second-order valence-electron chi connectivity index (χ2n) is 3.16. The Morgan fingerprint density at radius 1 is 1.23 bits per heavy atom. The summed E-state index contributed by atoms with van der Waals surface area (Å²) in [6, 6.07) is 8.59. The van der Waals surface area contributed by atoms with Crippen molar-refractivity contribution < 1.29 is 0 Å². The molecule has 0 spiro atoms. The average molecular weight is 187 g/mol. The molecule has 1 aromatic carbocycles. The molecule has 2 heteroatoms. The van der Waals surface area contributed by atoms with Gasteiger partial charge in [0.15, 0.2) is 0 Å². The van der Waals surface area contributed by atoms with Gasteiger partial charge < -0.3 is 5.32 Å². The van der Waals surface area contributed by atoms with Gasteiger partial charge in [-0.1, -0.05) is 18.2 Å². The molecule has 0 fully saturated rings. The predicted molar refractivity (Wildman–Crippen MR) is 57.7 cm³/mol. The van der Waals surface area contributed by atoms with Gasteiger partial charge in [-0.3, -0.25) is 0 Å². The highest BCUT2D eigenvalue weighted by Crippen LogP contribution is 2.33. The molecule has 0 bridgehead atoms. The Kier molecular flexibility index (Phi) is 1.43. The molecule has 0 atom stereocenters. The van der Waals surface area contributed by atoms with Crippen molar-refractivity contribution in [3.8, 4) is 0 Å². The summed E-state index contributed by atoms with van der Waals surface area (Å²) in [4.78, 5) is 1.40. The highest BCUT2D eigenvalue weighted by molar-refractivity contribution is 7.20. The zero-order valence-corrected chi connectivity index (χ0v) is 7.90. The second-order valence-corrected chi connectivity index (χ2v) is 4.24. The van der Waals surface area contributed by atoms with Crippen molar-refractivity contribution >= 4 is 27.5 Å². The second kappa shape index (κ2) is 2.60. The van der Waals surface area contributed by atoms with Crippen LogP contribution < -0.4 is 5.32 Å². The first-order chi connectivity index (χ1) is 6.45. The summed E-state index contributed by atoms with van der Waals surface area (Å²) < 4.78 is 1.39. The average Bonchev–Trinajstić information content (AvgIpc) is 2.56. The quantitative estimate of drug-likeness (QED) is 0.668. The summed E-state index contributed by atoms with van der Waals surface area (Å²) in [6.45, 7) is 0.968. The number of thiophene rings is 1. The normalized spacial score (nSPS) is 14.2. The lowest BCUT2D eigenvalue weighted by molar-refractivity contribution is 0.871. The van der Waals surface area contributed by atoms with Gasteiger partial charge in [0.05, 0.1) is 0 Å². The van der Waals surface area contributed by atoms with Crippen LogP contribution in [0.5, 0.6) is 0 Å². The molecule has 2 heterocycles. The van der Waals surface area contributed by atoms with E-state index in [1.807, 2.05) is 17.5 Å². The van der Waals surface area contributed by atoms with Gasteiger partial charge in [0.25, 0.3) is 0 Å². The highest BCUT2D eigenvalue weighted by Gasteiger charge is 2.10. The van der Waals surface area contributed by atoms with Crippen molar-refractivity contribution in [3.05, 3.63) is 40.9 Å². The lowest BCUT2D eigenvalue weighted by atomic mass is 10.1. The fraction of sp³-hybridized carbons (Fsp3) is 0.0909. The Labute approximate surface area is 80.7 Å². The molecule has 0 saturated carbocycles. The van der Waals surface area contributed by atoms with E-state index in [-0.39, 0.29) is 0 Å². The van der Waals surface area contributed by atoms with Gasteiger partial charge in [-0.2, -0.15) is 0 Å². The van der Waals surface area contributed by atoms with Crippen molar-refractivity contribution in [2.45, 2.75) is 6.54 Å². The van der Waals surface area contributed by atoms with Gasteiger partial charge in [0.1, 0.15) is 0 Å². The van der Waals surface area contributed by atoms with Crippen LogP contribution in [-0.2, 0) is 6.54 Å². The number of benzene rings is 1. The minimum atomic E-state index is 0.968. The van der Waals surface area contributed by atoms with Crippen LogP contribution in [-0.4, -0.2) is 0 Å². The van der Waals surface area contributed by atoms with E-state index in [1.54, 1.807) is 0 Å². The van der Waals surface area contributed by atoms with Crippen LogP contribution in [0.1, 0.15) is 10.4 Å². The van der Waals surface area contributed by atoms with Gasteiger partial charge in [-0.15, -0.1) is 11.3 Å². The van der Waals surface area contributed by atoms with Crippen LogP contribution in [0.3, 0.4) is 0 Å². The Bertz CT molecular complexity index is 482. The molecule has 1 aliphatic heterocycles. The Hall–Kier alpha value is -1.28. The van der Waals surface area contributed by atoms with Gasteiger partial charge in [-0.25, -0.2) is 0 Å². The van der Waals surface area contributed by atoms with Crippen LogP contribution >= 0.6 is 11.3 Å². The molecule has 64 valence electrons. The monoisotopic (exact) mass is 187 g/mol. The van der Waals surface area contributed by atoms with Crippen molar-refractivity contribution in [1.29, 1.82) is 0 Å². The summed E-state index contributed by atoms with van der Waals surface area (Å²) in [5.74, 6) is 0. The molecule has 1 nitrogen and oxygen atoms in total. The van der Waals surface area contributed by atoms with Gasteiger partial charge in [0.2, 0.25) is 0 Å². The first-order valence-corrected chi connectivity index (χ1v) is 5.17. The number of fused-ring (bicyclic) bond motifs is 3. The van der Waals surface area contributed by atoms with Crippen LogP contribution in [0.25, 0.3) is 16.2 Å². The van der Waals surface area contributed by atoms with Gasteiger partial charge in [0, 0.05) is 16.1 Å². The fourth-order valence-corrected chi connectivity index (χ4v) is 2.86. The van der Waals surface area contributed by atoms with Crippen LogP contribution in [0.2, 0.25) is 0 Å². The van der Waals surface area contributed by atoms with E-state index in [1.165, 1.54) is 20.5 Å².